The van der Waals surface area contributed by atoms with E-state index in [0.29, 0.717) is 33.6 Å². The number of rotatable bonds is 5. The number of aliphatic hydroxyl groups is 2. The molecule has 0 aliphatic rings. The number of carbonyl (C=O) groups excluding carboxylic acids is 1. The van der Waals surface area contributed by atoms with E-state index in [9.17, 15) is 28.2 Å². The number of H-pyrrole nitrogens is 1. The maximum Gasteiger partial charge on any atom is 0.418 e. The van der Waals surface area contributed by atoms with Crippen LogP contribution in [0.4, 0.5) is 19.0 Å². The van der Waals surface area contributed by atoms with Gasteiger partial charge in [0.1, 0.15) is 5.82 Å². The predicted octanol–water partition coefficient (Wildman–Crippen LogP) is 3.73. The summed E-state index contributed by atoms with van der Waals surface area (Å²) >= 11 is 0. The average Bonchev–Trinajstić information content (AvgIpc) is 3.16. The molecule has 0 aromatic carbocycles. The molecule has 4 aromatic rings. The van der Waals surface area contributed by atoms with Crippen LogP contribution in [0.5, 0.6) is 0 Å². The number of aromatic amines is 1. The van der Waals surface area contributed by atoms with Crippen molar-refractivity contribution in [2.24, 2.45) is 0 Å². The van der Waals surface area contributed by atoms with E-state index in [2.05, 4.69) is 25.3 Å². The number of fused-ring (bicyclic) bond motifs is 1. The van der Waals surface area contributed by atoms with Crippen molar-refractivity contribution < 1.29 is 28.2 Å². The van der Waals surface area contributed by atoms with Crippen molar-refractivity contribution in [2.45, 2.75) is 25.8 Å². The molecule has 1 unspecified atom stereocenters. The van der Waals surface area contributed by atoms with E-state index in [1.54, 1.807) is 24.3 Å². The van der Waals surface area contributed by atoms with Gasteiger partial charge in [-0.05, 0) is 29.8 Å². The molecule has 170 valence electrons. The topological polar surface area (TPSA) is 124 Å². The molecule has 0 spiro atoms. The van der Waals surface area contributed by atoms with Crippen LogP contribution in [-0.4, -0.2) is 42.2 Å². The summed E-state index contributed by atoms with van der Waals surface area (Å²) in [5, 5.41) is 21.5. The summed E-state index contributed by atoms with van der Waals surface area (Å²) in [4.78, 5) is 27.1. The van der Waals surface area contributed by atoms with Gasteiger partial charge >= 0.3 is 6.18 Å². The number of nitrogens with one attached hydrogen (secondary N) is 2. The average molecular weight is 457 g/mol. The minimum atomic E-state index is -4.84. The number of alkyl halides is 3. The highest BCUT2D eigenvalue weighted by Gasteiger charge is 2.39. The fraction of sp³-hybridized carbons (Fsp3) is 0.182. The molecule has 0 saturated heterocycles. The first-order valence-electron chi connectivity index (χ1n) is 9.74. The summed E-state index contributed by atoms with van der Waals surface area (Å²) in [6.45, 7) is 1.14. The maximum atomic E-state index is 13.0. The highest BCUT2D eigenvalue weighted by molar-refractivity contribution is 6.01. The Hall–Kier alpha value is -3.83. The lowest BCUT2D eigenvalue weighted by atomic mass is 10.0. The molecule has 0 fully saturated rings. The van der Waals surface area contributed by atoms with Gasteiger partial charge in [0.2, 0.25) is 5.91 Å². The van der Waals surface area contributed by atoms with Crippen molar-refractivity contribution >= 4 is 22.8 Å². The van der Waals surface area contributed by atoms with E-state index in [4.69, 9.17) is 0 Å². The highest BCUT2D eigenvalue weighted by Crippen LogP contribution is 2.39. The normalized spacial score (nSPS) is 12.7. The molecule has 11 heteroatoms. The smallest absolute Gasteiger partial charge is 0.392 e. The molecule has 4 N–H and O–H groups in total. The largest absolute Gasteiger partial charge is 0.418 e. The third-order valence-corrected chi connectivity index (χ3v) is 4.90. The molecule has 4 heterocycles. The number of hydrogen-bond donors (Lipinski definition) is 4. The van der Waals surface area contributed by atoms with Gasteiger partial charge in [-0.3, -0.25) is 14.8 Å². The molecule has 4 aromatic heterocycles. The summed E-state index contributed by atoms with van der Waals surface area (Å²) in [5.41, 5.74) is 2.79. The van der Waals surface area contributed by atoms with E-state index in [0.717, 1.165) is 6.20 Å². The molecule has 4 rings (SSSR count). The van der Waals surface area contributed by atoms with Gasteiger partial charge in [0, 0.05) is 36.6 Å². The Balaban J connectivity index is 1.92. The zero-order chi connectivity index (χ0) is 23.8. The number of halogens is 3. The van der Waals surface area contributed by atoms with Gasteiger partial charge in [-0.2, -0.15) is 13.2 Å². The Kier molecular flexibility index (Phi) is 5.83. The van der Waals surface area contributed by atoms with Gasteiger partial charge in [-0.15, -0.1) is 0 Å². The Morgan fingerprint density at radius 2 is 1.94 bits per heavy atom. The SMILES string of the molecule is CC(=O)Nc1cc(-c2[nH]c3cc(C(O)C(F)(F)F)cnc3c2-c2ccc(CO)cn2)ccn1. The minimum Gasteiger partial charge on any atom is -0.392 e. The lowest BCUT2D eigenvalue weighted by Crippen LogP contribution is -2.20. The van der Waals surface area contributed by atoms with Gasteiger partial charge in [0.25, 0.3) is 0 Å². The molecule has 0 bridgehead atoms. The van der Waals surface area contributed by atoms with Crippen molar-refractivity contribution in [1.29, 1.82) is 0 Å². The number of aliphatic hydroxyl groups excluding tert-OH is 2. The van der Waals surface area contributed by atoms with E-state index in [1.807, 2.05) is 0 Å². The van der Waals surface area contributed by atoms with Crippen molar-refractivity contribution in [2.75, 3.05) is 5.32 Å². The third-order valence-electron chi connectivity index (χ3n) is 4.90. The Labute approximate surface area is 185 Å². The molecule has 0 aliphatic heterocycles. The number of carbonyl (C=O) groups is 1. The number of nitrogens with zero attached hydrogens (tertiary/aromatic N) is 3. The molecule has 0 aliphatic carbocycles. The fourth-order valence-corrected chi connectivity index (χ4v) is 3.40. The van der Waals surface area contributed by atoms with E-state index >= 15 is 0 Å². The van der Waals surface area contributed by atoms with Crippen LogP contribution in [0, 0.1) is 0 Å². The van der Waals surface area contributed by atoms with Crippen molar-refractivity contribution in [3.05, 3.63) is 60.0 Å². The minimum absolute atomic E-state index is 0.199. The molecule has 1 amide bonds. The first kappa shape index (κ1) is 22.4. The van der Waals surface area contributed by atoms with Crippen molar-refractivity contribution in [3.8, 4) is 22.5 Å². The van der Waals surface area contributed by atoms with Crippen LogP contribution in [0.15, 0.2) is 48.9 Å². The summed E-state index contributed by atoms with van der Waals surface area (Å²) in [6, 6.07) is 7.78. The van der Waals surface area contributed by atoms with Crippen LogP contribution < -0.4 is 5.32 Å². The number of hydrogen-bond acceptors (Lipinski definition) is 6. The van der Waals surface area contributed by atoms with Crippen LogP contribution in [-0.2, 0) is 11.4 Å². The molecular formula is C22H18F3N5O3. The van der Waals surface area contributed by atoms with Crippen LogP contribution in [0.3, 0.4) is 0 Å². The summed E-state index contributed by atoms with van der Waals surface area (Å²) in [7, 11) is 0. The second kappa shape index (κ2) is 8.60. The summed E-state index contributed by atoms with van der Waals surface area (Å²) in [5.74, 6) is -0.0282. The van der Waals surface area contributed by atoms with Crippen LogP contribution in [0.2, 0.25) is 0 Å². The number of aromatic nitrogens is 4. The van der Waals surface area contributed by atoms with Crippen LogP contribution in [0.25, 0.3) is 33.5 Å². The standard InChI is InChI=1S/C22H18F3N5O3/c1-11(32)29-17-7-13(4-5-26-17)19-18(15-3-2-12(10-31)8-27-15)20-16(30-19)6-14(9-28-20)21(33)22(23,24)25/h2-9,21,30-31,33H,10H2,1H3,(H,26,29,32). The number of amides is 1. The molecule has 1 atom stereocenters. The first-order chi connectivity index (χ1) is 15.7. The molecule has 0 saturated carbocycles. The molecule has 33 heavy (non-hydrogen) atoms. The third kappa shape index (κ3) is 4.54. The van der Waals surface area contributed by atoms with Gasteiger partial charge in [0.15, 0.2) is 6.10 Å². The lowest BCUT2D eigenvalue weighted by Gasteiger charge is -2.14. The highest BCUT2D eigenvalue weighted by atomic mass is 19.4. The monoisotopic (exact) mass is 457 g/mol. The van der Waals surface area contributed by atoms with Crippen LogP contribution >= 0.6 is 0 Å². The lowest BCUT2D eigenvalue weighted by molar-refractivity contribution is -0.206. The second-order valence-corrected chi connectivity index (χ2v) is 7.30. The quantitative estimate of drug-likeness (QED) is 0.362. The van der Waals surface area contributed by atoms with Gasteiger partial charge in [-0.25, -0.2) is 4.98 Å². The number of pyridine rings is 3. The van der Waals surface area contributed by atoms with Gasteiger partial charge in [0.05, 0.1) is 34.6 Å². The van der Waals surface area contributed by atoms with Crippen LogP contribution in [0.1, 0.15) is 24.2 Å². The van der Waals surface area contributed by atoms with Crippen molar-refractivity contribution in [3.63, 3.8) is 0 Å². The van der Waals surface area contributed by atoms with Crippen molar-refractivity contribution in [1.82, 2.24) is 19.9 Å². The zero-order valence-corrected chi connectivity index (χ0v) is 17.2. The van der Waals surface area contributed by atoms with Gasteiger partial charge in [-0.1, -0.05) is 6.07 Å². The maximum absolute atomic E-state index is 13.0. The molecule has 0 radical (unpaired) electrons. The second-order valence-electron chi connectivity index (χ2n) is 7.30. The number of anilines is 1. The summed E-state index contributed by atoms with van der Waals surface area (Å²) in [6.07, 6.45) is -3.59. The predicted molar refractivity (Wildman–Crippen MR) is 114 cm³/mol. The molecule has 8 nitrogen and oxygen atoms in total. The molecular weight excluding hydrogens is 439 g/mol. The Bertz CT molecular complexity index is 1320. The van der Waals surface area contributed by atoms with E-state index in [-0.39, 0.29) is 23.8 Å². The van der Waals surface area contributed by atoms with Gasteiger partial charge < -0.3 is 20.5 Å². The van der Waals surface area contributed by atoms with E-state index < -0.39 is 17.8 Å². The Morgan fingerprint density at radius 1 is 1.15 bits per heavy atom. The first-order valence-corrected chi connectivity index (χ1v) is 9.74. The Morgan fingerprint density at radius 3 is 2.58 bits per heavy atom. The van der Waals surface area contributed by atoms with E-state index in [1.165, 1.54) is 25.4 Å². The fourth-order valence-electron chi connectivity index (χ4n) is 3.40. The zero-order valence-electron chi connectivity index (χ0n) is 17.2. The summed E-state index contributed by atoms with van der Waals surface area (Å²) < 4.78 is 39.0.